The van der Waals surface area contributed by atoms with Gasteiger partial charge in [0.25, 0.3) is 0 Å². The third kappa shape index (κ3) is 4.74. The lowest BCUT2D eigenvalue weighted by Crippen LogP contribution is -2.29. The molecular weight excluding hydrogens is 392 g/mol. The number of carbonyl (C=O) groups excluding carboxylic acids is 1. The third-order valence-electron chi connectivity index (χ3n) is 5.34. The van der Waals surface area contributed by atoms with Gasteiger partial charge in [-0.3, -0.25) is 4.79 Å². The minimum absolute atomic E-state index is 0.175. The molecule has 0 fully saturated rings. The number of thiophene rings is 1. The summed E-state index contributed by atoms with van der Waals surface area (Å²) in [5.74, 6) is 0.995. The summed E-state index contributed by atoms with van der Waals surface area (Å²) in [4.78, 5) is 19.6. The monoisotopic (exact) mass is 418 g/mol. The van der Waals surface area contributed by atoms with Gasteiger partial charge in [-0.15, -0.1) is 11.3 Å². The Morgan fingerprint density at radius 1 is 1.00 bits per heavy atom. The number of aryl methyl sites for hydroxylation is 1. The molecule has 0 aliphatic carbocycles. The summed E-state index contributed by atoms with van der Waals surface area (Å²) in [6.07, 6.45) is 4.30. The average Bonchev–Trinajstić information content (AvgIpc) is 3.44. The molecule has 0 saturated heterocycles. The van der Waals surface area contributed by atoms with Gasteiger partial charge in [0.2, 0.25) is 5.91 Å². The number of nitrogens with one attached hydrogen (secondary N) is 1. The number of para-hydroxylation sites is 2. The number of H-pyrrole nitrogens is 1. The van der Waals surface area contributed by atoms with E-state index in [2.05, 4.69) is 40.8 Å². The van der Waals surface area contributed by atoms with Crippen molar-refractivity contribution in [1.82, 2.24) is 9.88 Å². The van der Waals surface area contributed by atoms with E-state index < -0.39 is 0 Å². The lowest BCUT2D eigenvalue weighted by molar-refractivity contribution is -0.132. The van der Waals surface area contributed by atoms with E-state index in [-0.39, 0.29) is 5.91 Å². The van der Waals surface area contributed by atoms with E-state index in [1.165, 1.54) is 15.8 Å². The number of methoxy groups -OCH3 is 1. The Labute approximate surface area is 181 Å². The normalized spacial score (nSPS) is 11.0. The first-order chi connectivity index (χ1) is 14.7. The maximum Gasteiger partial charge on any atom is 0.223 e. The van der Waals surface area contributed by atoms with Crippen LogP contribution in [0.4, 0.5) is 0 Å². The lowest BCUT2D eigenvalue weighted by atomic mass is 10.1. The Bertz CT molecular complexity index is 1100. The highest BCUT2D eigenvalue weighted by atomic mass is 32.1. The molecule has 1 amide bonds. The van der Waals surface area contributed by atoms with Gasteiger partial charge in [-0.1, -0.05) is 42.5 Å². The minimum Gasteiger partial charge on any atom is -0.496 e. The lowest BCUT2D eigenvalue weighted by Gasteiger charge is -2.23. The zero-order valence-electron chi connectivity index (χ0n) is 17.1. The van der Waals surface area contributed by atoms with Crippen LogP contribution >= 0.6 is 11.3 Å². The molecule has 30 heavy (non-hydrogen) atoms. The molecule has 0 spiro atoms. The van der Waals surface area contributed by atoms with E-state index in [9.17, 15) is 4.79 Å². The van der Waals surface area contributed by atoms with E-state index in [1.807, 2.05) is 41.3 Å². The largest absolute Gasteiger partial charge is 0.496 e. The molecule has 154 valence electrons. The third-order valence-corrected chi connectivity index (χ3v) is 6.21. The van der Waals surface area contributed by atoms with Crippen molar-refractivity contribution in [2.75, 3.05) is 7.11 Å². The van der Waals surface area contributed by atoms with E-state index in [1.54, 1.807) is 18.4 Å². The van der Waals surface area contributed by atoms with Crippen molar-refractivity contribution in [1.29, 1.82) is 0 Å². The van der Waals surface area contributed by atoms with Gasteiger partial charge >= 0.3 is 0 Å². The second kappa shape index (κ2) is 9.63. The van der Waals surface area contributed by atoms with Crippen molar-refractivity contribution >= 4 is 28.1 Å². The fraction of sp³-hybridized carbons (Fsp3) is 0.240. The molecule has 4 rings (SSSR count). The standard InChI is InChI=1S/C25H26N2O2S/c1-29-24-13-5-2-8-20(24)17-27(18-21-10-7-15-30-21)25(28)14-6-9-19-16-26-23-12-4-3-11-22(19)23/h2-5,7-8,10-13,15-16,26H,6,9,14,17-18H2,1H3. The molecule has 2 aromatic carbocycles. The van der Waals surface area contributed by atoms with Gasteiger partial charge in [-0.2, -0.15) is 0 Å². The van der Waals surface area contributed by atoms with Crippen molar-refractivity contribution in [2.45, 2.75) is 32.4 Å². The van der Waals surface area contributed by atoms with Gasteiger partial charge in [0, 0.05) is 40.5 Å². The quantitative estimate of drug-likeness (QED) is 0.374. The van der Waals surface area contributed by atoms with Crippen molar-refractivity contribution in [3.8, 4) is 5.75 Å². The van der Waals surface area contributed by atoms with Crippen molar-refractivity contribution in [3.05, 3.63) is 88.2 Å². The van der Waals surface area contributed by atoms with Gasteiger partial charge in [0.1, 0.15) is 5.75 Å². The SMILES string of the molecule is COc1ccccc1CN(Cc1cccs1)C(=O)CCCc1c[nH]c2ccccc12. The Kier molecular flexibility index (Phi) is 6.50. The van der Waals surface area contributed by atoms with Crippen LogP contribution in [-0.2, 0) is 24.3 Å². The first-order valence-corrected chi connectivity index (χ1v) is 11.1. The zero-order chi connectivity index (χ0) is 20.8. The minimum atomic E-state index is 0.175. The van der Waals surface area contributed by atoms with Crippen LogP contribution in [0.5, 0.6) is 5.75 Å². The number of hydrogen-bond acceptors (Lipinski definition) is 3. The van der Waals surface area contributed by atoms with Gasteiger partial charge in [-0.25, -0.2) is 0 Å². The van der Waals surface area contributed by atoms with Crippen LogP contribution in [0.25, 0.3) is 10.9 Å². The van der Waals surface area contributed by atoms with Crippen LogP contribution < -0.4 is 4.74 Å². The number of hydrogen-bond donors (Lipinski definition) is 1. The van der Waals surface area contributed by atoms with E-state index in [4.69, 9.17) is 4.74 Å². The average molecular weight is 419 g/mol. The molecule has 1 N–H and O–H groups in total. The summed E-state index contributed by atoms with van der Waals surface area (Å²) in [5.41, 5.74) is 3.45. The predicted molar refractivity (Wildman–Crippen MR) is 123 cm³/mol. The number of aromatic nitrogens is 1. The van der Waals surface area contributed by atoms with Crippen molar-refractivity contribution in [3.63, 3.8) is 0 Å². The molecule has 0 unspecified atom stereocenters. The summed E-state index contributed by atoms with van der Waals surface area (Å²) < 4.78 is 5.49. The van der Waals surface area contributed by atoms with Crippen LogP contribution in [-0.4, -0.2) is 22.9 Å². The fourth-order valence-electron chi connectivity index (χ4n) is 3.79. The first kappa shape index (κ1) is 20.2. The smallest absolute Gasteiger partial charge is 0.223 e. The van der Waals surface area contributed by atoms with Crippen LogP contribution in [0.1, 0.15) is 28.8 Å². The Morgan fingerprint density at radius 2 is 1.83 bits per heavy atom. The van der Waals surface area contributed by atoms with Gasteiger partial charge in [0.05, 0.1) is 13.7 Å². The van der Waals surface area contributed by atoms with Crippen LogP contribution in [0.3, 0.4) is 0 Å². The number of amides is 1. The topological polar surface area (TPSA) is 45.3 Å². The second-order valence-corrected chi connectivity index (χ2v) is 8.39. The maximum atomic E-state index is 13.1. The van der Waals surface area contributed by atoms with Crippen molar-refractivity contribution < 1.29 is 9.53 Å². The molecule has 0 radical (unpaired) electrons. The summed E-state index contributed by atoms with van der Waals surface area (Å²) in [5, 5.41) is 3.30. The molecule has 4 nitrogen and oxygen atoms in total. The number of ether oxygens (including phenoxy) is 1. The molecular formula is C25H26N2O2S. The van der Waals surface area contributed by atoms with Gasteiger partial charge in [0.15, 0.2) is 0 Å². The molecule has 0 atom stereocenters. The predicted octanol–water partition coefficient (Wildman–Crippen LogP) is 5.79. The highest BCUT2D eigenvalue weighted by molar-refractivity contribution is 7.09. The molecule has 2 aromatic heterocycles. The highest BCUT2D eigenvalue weighted by Gasteiger charge is 2.17. The first-order valence-electron chi connectivity index (χ1n) is 10.2. The van der Waals surface area contributed by atoms with E-state index >= 15 is 0 Å². The number of benzene rings is 2. The fourth-order valence-corrected chi connectivity index (χ4v) is 4.51. The zero-order valence-corrected chi connectivity index (χ0v) is 18.0. The van der Waals surface area contributed by atoms with Crippen LogP contribution in [0.2, 0.25) is 0 Å². The molecule has 5 heteroatoms. The van der Waals surface area contributed by atoms with E-state index in [0.29, 0.717) is 19.5 Å². The Hall–Kier alpha value is -3.05. The summed E-state index contributed by atoms with van der Waals surface area (Å²) in [6.45, 7) is 1.18. The highest BCUT2D eigenvalue weighted by Crippen LogP contribution is 2.23. The number of rotatable bonds is 9. The number of carbonyl (C=O) groups is 1. The molecule has 0 bridgehead atoms. The molecule has 0 aliphatic rings. The van der Waals surface area contributed by atoms with Crippen LogP contribution in [0.15, 0.2) is 72.2 Å². The molecule has 0 aliphatic heterocycles. The van der Waals surface area contributed by atoms with Crippen LogP contribution in [0, 0.1) is 0 Å². The van der Waals surface area contributed by atoms with Crippen molar-refractivity contribution in [2.24, 2.45) is 0 Å². The maximum absolute atomic E-state index is 13.1. The second-order valence-electron chi connectivity index (χ2n) is 7.35. The van der Waals surface area contributed by atoms with Gasteiger partial charge < -0.3 is 14.6 Å². The molecule has 4 aromatic rings. The summed E-state index contributed by atoms with van der Waals surface area (Å²) >= 11 is 1.68. The Morgan fingerprint density at radius 3 is 2.67 bits per heavy atom. The molecule has 0 saturated carbocycles. The Balaban J connectivity index is 1.43. The molecule has 2 heterocycles. The van der Waals surface area contributed by atoms with E-state index in [0.717, 1.165) is 29.7 Å². The summed E-state index contributed by atoms with van der Waals surface area (Å²) in [6, 6.07) is 20.3. The van der Waals surface area contributed by atoms with Gasteiger partial charge in [-0.05, 0) is 42.0 Å². The number of fused-ring (bicyclic) bond motifs is 1. The number of aromatic amines is 1. The number of nitrogens with zero attached hydrogens (tertiary/aromatic N) is 1. The summed E-state index contributed by atoms with van der Waals surface area (Å²) in [7, 11) is 1.67.